The summed E-state index contributed by atoms with van der Waals surface area (Å²) in [7, 11) is 0. The summed E-state index contributed by atoms with van der Waals surface area (Å²) >= 11 is 0. The van der Waals surface area contributed by atoms with Gasteiger partial charge in [-0.1, -0.05) is 12.1 Å². The third kappa shape index (κ3) is 2.19. The van der Waals surface area contributed by atoms with Gasteiger partial charge >= 0.3 is 6.18 Å². The second-order valence-electron chi connectivity index (χ2n) is 3.77. The summed E-state index contributed by atoms with van der Waals surface area (Å²) in [5.74, 6) is 0.175. The first-order chi connectivity index (χ1) is 6.98. The highest BCUT2D eigenvalue weighted by Gasteiger charge is 2.32. The van der Waals surface area contributed by atoms with E-state index in [4.69, 9.17) is 5.41 Å². The molecular weight excluding hydrogens is 203 g/mol. The molecule has 1 aromatic rings. The Morgan fingerprint density at radius 3 is 2.47 bits per heavy atom. The summed E-state index contributed by atoms with van der Waals surface area (Å²) in [5, 5.41) is 7.68. The zero-order valence-electron chi connectivity index (χ0n) is 7.93. The first-order valence-corrected chi connectivity index (χ1v) is 4.74. The average molecular weight is 213 g/mol. The van der Waals surface area contributed by atoms with Gasteiger partial charge in [0.05, 0.1) is 5.56 Å². The van der Waals surface area contributed by atoms with Gasteiger partial charge in [0.1, 0.15) is 0 Å². The van der Waals surface area contributed by atoms with Crippen LogP contribution in [0.3, 0.4) is 0 Å². The fraction of sp³-hybridized carbons (Fsp3) is 0.364. The van der Waals surface area contributed by atoms with Crippen LogP contribution in [0.4, 0.5) is 13.2 Å². The van der Waals surface area contributed by atoms with Crippen molar-refractivity contribution < 1.29 is 13.2 Å². The summed E-state index contributed by atoms with van der Waals surface area (Å²) in [6.45, 7) is 0. The van der Waals surface area contributed by atoms with Gasteiger partial charge in [-0.15, -0.1) is 0 Å². The molecule has 1 nitrogen and oxygen atoms in total. The van der Waals surface area contributed by atoms with Crippen molar-refractivity contribution in [2.45, 2.75) is 19.0 Å². The van der Waals surface area contributed by atoms with Crippen molar-refractivity contribution in [2.75, 3.05) is 0 Å². The summed E-state index contributed by atoms with van der Waals surface area (Å²) in [4.78, 5) is 0. The molecule has 0 unspecified atom stereocenters. The molecule has 0 aliphatic heterocycles. The number of hydrogen-bond donors (Lipinski definition) is 1. The molecule has 1 N–H and O–H groups in total. The molecule has 1 fully saturated rings. The fourth-order valence-electron chi connectivity index (χ4n) is 1.47. The summed E-state index contributed by atoms with van der Waals surface area (Å²) < 4.78 is 37.1. The molecule has 0 amide bonds. The molecule has 1 aromatic carbocycles. The molecule has 1 aliphatic carbocycles. The van der Waals surface area contributed by atoms with Crippen LogP contribution in [-0.2, 0) is 6.18 Å². The van der Waals surface area contributed by atoms with E-state index in [0.29, 0.717) is 11.3 Å². The Hall–Kier alpha value is -1.32. The van der Waals surface area contributed by atoms with Crippen molar-refractivity contribution in [3.05, 3.63) is 35.4 Å². The third-order valence-corrected chi connectivity index (χ3v) is 2.49. The van der Waals surface area contributed by atoms with Crippen LogP contribution in [0.2, 0.25) is 0 Å². The van der Waals surface area contributed by atoms with Crippen LogP contribution in [0.25, 0.3) is 0 Å². The Morgan fingerprint density at radius 1 is 1.27 bits per heavy atom. The number of alkyl halides is 3. The SMILES string of the molecule is N=C(c1cccc(C(F)(F)F)c1)C1CC1. The molecule has 0 heterocycles. The molecule has 2 rings (SSSR count). The number of halogens is 3. The van der Waals surface area contributed by atoms with Crippen LogP contribution < -0.4 is 0 Å². The summed E-state index contributed by atoms with van der Waals surface area (Å²) in [6.07, 6.45) is -2.47. The van der Waals surface area contributed by atoms with E-state index in [1.54, 1.807) is 6.07 Å². The Balaban J connectivity index is 2.29. The van der Waals surface area contributed by atoms with E-state index in [1.165, 1.54) is 6.07 Å². The molecule has 1 aliphatic rings. The lowest BCUT2D eigenvalue weighted by Gasteiger charge is -2.08. The minimum absolute atomic E-state index is 0.175. The van der Waals surface area contributed by atoms with Gasteiger partial charge in [0.2, 0.25) is 0 Å². The standard InChI is InChI=1S/C11H10F3N/c12-11(13,14)9-3-1-2-8(6-9)10(15)7-4-5-7/h1-3,6-7,15H,4-5H2. The Labute approximate surface area is 85.4 Å². The predicted molar refractivity (Wildman–Crippen MR) is 51.0 cm³/mol. The van der Waals surface area contributed by atoms with Gasteiger partial charge < -0.3 is 5.41 Å². The largest absolute Gasteiger partial charge is 0.416 e. The summed E-state index contributed by atoms with van der Waals surface area (Å²) in [5.41, 5.74) is 0.0545. The highest BCUT2D eigenvalue weighted by Crippen LogP contribution is 2.34. The predicted octanol–water partition coefficient (Wildman–Crippen LogP) is 3.48. The first kappa shape index (κ1) is 10.2. The van der Waals surface area contributed by atoms with Crippen molar-refractivity contribution in [2.24, 2.45) is 5.92 Å². The lowest BCUT2D eigenvalue weighted by molar-refractivity contribution is -0.137. The zero-order valence-corrected chi connectivity index (χ0v) is 7.93. The van der Waals surface area contributed by atoms with Crippen LogP contribution in [0.15, 0.2) is 24.3 Å². The van der Waals surface area contributed by atoms with E-state index in [1.807, 2.05) is 0 Å². The van der Waals surface area contributed by atoms with Crippen LogP contribution in [-0.4, -0.2) is 5.71 Å². The van der Waals surface area contributed by atoms with Crippen LogP contribution in [0.5, 0.6) is 0 Å². The Kier molecular flexibility index (Phi) is 2.29. The molecule has 0 aromatic heterocycles. The second kappa shape index (κ2) is 3.36. The molecule has 0 saturated heterocycles. The lowest BCUT2D eigenvalue weighted by atomic mass is 10.0. The van der Waals surface area contributed by atoms with E-state index in [-0.39, 0.29) is 5.92 Å². The number of nitrogens with one attached hydrogen (secondary N) is 1. The normalized spacial score (nSPS) is 16.5. The van der Waals surface area contributed by atoms with Gasteiger partial charge in [-0.05, 0) is 30.5 Å². The Morgan fingerprint density at radius 2 is 1.93 bits per heavy atom. The van der Waals surface area contributed by atoms with Crippen LogP contribution in [0, 0.1) is 11.3 Å². The number of benzene rings is 1. The van der Waals surface area contributed by atoms with Gasteiger partial charge in [0, 0.05) is 11.6 Å². The van der Waals surface area contributed by atoms with Crippen molar-refractivity contribution >= 4 is 5.71 Å². The van der Waals surface area contributed by atoms with Crippen LogP contribution in [0.1, 0.15) is 24.0 Å². The van der Waals surface area contributed by atoms with E-state index < -0.39 is 11.7 Å². The molecular formula is C11H10F3N. The van der Waals surface area contributed by atoms with Crippen molar-refractivity contribution in [3.63, 3.8) is 0 Å². The molecule has 1 saturated carbocycles. The monoisotopic (exact) mass is 213 g/mol. The fourth-order valence-corrected chi connectivity index (χ4v) is 1.47. The van der Waals surface area contributed by atoms with Crippen molar-refractivity contribution in [1.82, 2.24) is 0 Å². The Bertz CT molecular complexity index is 391. The minimum atomic E-state index is -4.32. The maximum absolute atomic E-state index is 12.4. The smallest absolute Gasteiger partial charge is 0.304 e. The molecule has 0 radical (unpaired) electrons. The minimum Gasteiger partial charge on any atom is -0.304 e. The van der Waals surface area contributed by atoms with E-state index in [0.717, 1.165) is 25.0 Å². The van der Waals surface area contributed by atoms with Gasteiger partial charge in [-0.2, -0.15) is 13.2 Å². The van der Waals surface area contributed by atoms with E-state index in [2.05, 4.69) is 0 Å². The number of hydrogen-bond acceptors (Lipinski definition) is 1. The highest BCUT2D eigenvalue weighted by atomic mass is 19.4. The maximum Gasteiger partial charge on any atom is 0.416 e. The molecule has 15 heavy (non-hydrogen) atoms. The lowest BCUT2D eigenvalue weighted by Crippen LogP contribution is -2.08. The molecule has 0 atom stereocenters. The first-order valence-electron chi connectivity index (χ1n) is 4.74. The van der Waals surface area contributed by atoms with E-state index >= 15 is 0 Å². The third-order valence-electron chi connectivity index (χ3n) is 2.49. The quantitative estimate of drug-likeness (QED) is 0.727. The molecule has 0 bridgehead atoms. The van der Waals surface area contributed by atoms with Gasteiger partial charge in [-0.25, -0.2) is 0 Å². The highest BCUT2D eigenvalue weighted by molar-refractivity contribution is 6.01. The second-order valence-corrected chi connectivity index (χ2v) is 3.77. The maximum atomic E-state index is 12.4. The van der Waals surface area contributed by atoms with Crippen molar-refractivity contribution in [1.29, 1.82) is 5.41 Å². The van der Waals surface area contributed by atoms with Gasteiger partial charge in [-0.3, -0.25) is 0 Å². The van der Waals surface area contributed by atoms with Crippen molar-refractivity contribution in [3.8, 4) is 0 Å². The zero-order chi connectivity index (χ0) is 11.1. The average Bonchev–Trinajstić information content (AvgIpc) is 2.99. The number of rotatable bonds is 2. The van der Waals surface area contributed by atoms with Crippen LogP contribution >= 0.6 is 0 Å². The van der Waals surface area contributed by atoms with E-state index in [9.17, 15) is 13.2 Å². The van der Waals surface area contributed by atoms with Gasteiger partial charge in [0.25, 0.3) is 0 Å². The van der Waals surface area contributed by atoms with Gasteiger partial charge in [0.15, 0.2) is 0 Å². The molecule has 0 spiro atoms. The molecule has 4 heteroatoms. The topological polar surface area (TPSA) is 23.9 Å². The summed E-state index contributed by atoms with van der Waals surface area (Å²) in [6, 6.07) is 5.01. The molecule has 80 valence electrons.